The van der Waals surface area contributed by atoms with Crippen LogP contribution in [0.4, 0.5) is 0 Å². The second-order valence-electron chi connectivity index (χ2n) is 5.56. The van der Waals surface area contributed by atoms with E-state index < -0.39 is 11.5 Å². The highest BCUT2D eigenvalue weighted by Gasteiger charge is 2.50. The average molecular weight is 271 g/mol. The van der Waals surface area contributed by atoms with E-state index in [4.69, 9.17) is 4.74 Å². The van der Waals surface area contributed by atoms with Crippen molar-refractivity contribution in [1.29, 1.82) is 0 Å². The van der Waals surface area contributed by atoms with Crippen LogP contribution in [-0.4, -0.2) is 46.2 Å². The molecule has 0 bridgehead atoms. The summed E-state index contributed by atoms with van der Waals surface area (Å²) in [4.78, 5) is 25.2. The van der Waals surface area contributed by atoms with Crippen molar-refractivity contribution < 1.29 is 19.4 Å². The number of carboxylic acids is 1. The molecule has 5 nitrogen and oxygen atoms in total. The van der Waals surface area contributed by atoms with Gasteiger partial charge >= 0.3 is 5.97 Å². The minimum atomic E-state index is -1.11. The van der Waals surface area contributed by atoms with Crippen LogP contribution in [-0.2, 0) is 14.3 Å². The Bertz CT molecular complexity index is 340. The van der Waals surface area contributed by atoms with Gasteiger partial charge in [-0.3, -0.25) is 4.79 Å². The van der Waals surface area contributed by atoms with Gasteiger partial charge in [-0.2, -0.15) is 0 Å². The fraction of sp³-hybridized carbons (Fsp3) is 0.857. The molecule has 1 aliphatic rings. The Morgan fingerprint density at radius 3 is 2.53 bits per heavy atom. The van der Waals surface area contributed by atoms with Gasteiger partial charge in [0.2, 0.25) is 5.91 Å². The molecule has 19 heavy (non-hydrogen) atoms. The van der Waals surface area contributed by atoms with Gasteiger partial charge in [0.05, 0.1) is 6.10 Å². The lowest BCUT2D eigenvalue weighted by Gasteiger charge is -2.47. The highest BCUT2D eigenvalue weighted by atomic mass is 16.5. The second-order valence-corrected chi connectivity index (χ2v) is 5.56. The number of carbonyl (C=O) groups excluding carboxylic acids is 1. The van der Waals surface area contributed by atoms with Gasteiger partial charge in [0.1, 0.15) is 5.54 Å². The number of carboxylic acid groups (broad SMARTS) is 1. The highest BCUT2D eigenvalue weighted by molar-refractivity contribution is 5.86. The van der Waals surface area contributed by atoms with Crippen LogP contribution in [0.15, 0.2) is 0 Å². The summed E-state index contributed by atoms with van der Waals surface area (Å²) in [6.45, 7) is 7.60. The maximum absolute atomic E-state index is 11.9. The minimum absolute atomic E-state index is 0.0737. The van der Waals surface area contributed by atoms with Crippen molar-refractivity contribution >= 4 is 11.9 Å². The lowest BCUT2D eigenvalue weighted by atomic mass is 9.82. The van der Waals surface area contributed by atoms with Gasteiger partial charge in [0, 0.05) is 32.4 Å². The van der Waals surface area contributed by atoms with Crippen molar-refractivity contribution in [2.45, 2.75) is 71.1 Å². The standard InChI is InChI=1S/C14H25NO4/c1-5-6-12-9-14(13(17)18,7-8-19-12)15(10(2)3)11(4)16/h10,12H,5-9H2,1-4H3,(H,17,18). The van der Waals surface area contributed by atoms with E-state index in [0.717, 1.165) is 12.8 Å². The molecule has 0 aromatic rings. The van der Waals surface area contributed by atoms with E-state index in [-0.39, 0.29) is 18.1 Å². The maximum atomic E-state index is 11.9. The van der Waals surface area contributed by atoms with Crippen LogP contribution in [0.1, 0.15) is 53.4 Å². The van der Waals surface area contributed by atoms with Gasteiger partial charge in [-0.1, -0.05) is 13.3 Å². The lowest BCUT2D eigenvalue weighted by molar-refractivity contribution is -0.173. The molecular formula is C14H25NO4. The Kier molecular flexibility index (Phi) is 5.35. The number of hydrogen-bond acceptors (Lipinski definition) is 3. The molecule has 0 radical (unpaired) electrons. The fourth-order valence-electron chi connectivity index (χ4n) is 3.11. The van der Waals surface area contributed by atoms with Gasteiger partial charge in [-0.25, -0.2) is 4.79 Å². The van der Waals surface area contributed by atoms with Crippen molar-refractivity contribution in [3.63, 3.8) is 0 Å². The van der Waals surface area contributed by atoms with Crippen molar-refractivity contribution in [3.8, 4) is 0 Å². The summed E-state index contributed by atoms with van der Waals surface area (Å²) in [6, 6.07) is -0.131. The average Bonchev–Trinajstić information content (AvgIpc) is 2.28. The molecule has 1 aliphatic heterocycles. The summed E-state index contributed by atoms with van der Waals surface area (Å²) in [7, 11) is 0. The summed E-state index contributed by atoms with van der Waals surface area (Å²) in [5.41, 5.74) is -1.11. The maximum Gasteiger partial charge on any atom is 0.329 e. The smallest absolute Gasteiger partial charge is 0.329 e. The molecule has 1 fully saturated rings. The van der Waals surface area contributed by atoms with Crippen LogP contribution in [0.5, 0.6) is 0 Å². The third kappa shape index (κ3) is 3.26. The largest absolute Gasteiger partial charge is 0.479 e. The SMILES string of the molecule is CCCC1CC(C(=O)O)(N(C(C)=O)C(C)C)CCO1. The Labute approximate surface area is 114 Å². The molecule has 1 saturated heterocycles. The molecule has 1 heterocycles. The van der Waals surface area contributed by atoms with Crippen molar-refractivity contribution in [2.75, 3.05) is 6.61 Å². The summed E-state index contributed by atoms with van der Waals surface area (Å²) >= 11 is 0. The number of ether oxygens (including phenoxy) is 1. The van der Waals surface area contributed by atoms with E-state index in [1.807, 2.05) is 20.8 Å². The zero-order valence-corrected chi connectivity index (χ0v) is 12.3. The van der Waals surface area contributed by atoms with Crippen molar-refractivity contribution in [1.82, 2.24) is 4.90 Å². The molecule has 0 spiro atoms. The monoisotopic (exact) mass is 271 g/mol. The predicted molar refractivity (Wildman–Crippen MR) is 71.9 cm³/mol. The topological polar surface area (TPSA) is 66.8 Å². The zero-order chi connectivity index (χ0) is 14.6. The van der Waals surface area contributed by atoms with E-state index in [1.165, 1.54) is 11.8 Å². The number of carbonyl (C=O) groups is 2. The quantitative estimate of drug-likeness (QED) is 0.831. The molecule has 0 saturated carbocycles. The van der Waals surface area contributed by atoms with Crippen LogP contribution in [0.2, 0.25) is 0 Å². The Hall–Kier alpha value is -1.10. The molecule has 0 aliphatic carbocycles. The number of amides is 1. The number of rotatable bonds is 5. The van der Waals surface area contributed by atoms with Crippen LogP contribution in [0, 0.1) is 0 Å². The minimum Gasteiger partial charge on any atom is -0.479 e. The Morgan fingerprint density at radius 1 is 1.47 bits per heavy atom. The molecule has 110 valence electrons. The van der Waals surface area contributed by atoms with E-state index in [9.17, 15) is 14.7 Å². The molecule has 1 amide bonds. The molecule has 1 rings (SSSR count). The van der Waals surface area contributed by atoms with Crippen LogP contribution in [0.3, 0.4) is 0 Å². The van der Waals surface area contributed by atoms with Gasteiger partial charge in [-0.05, 0) is 20.3 Å². The first-order valence-electron chi connectivity index (χ1n) is 7.00. The summed E-state index contributed by atoms with van der Waals surface area (Å²) in [5.74, 6) is -1.10. The highest BCUT2D eigenvalue weighted by Crippen LogP contribution is 2.34. The summed E-state index contributed by atoms with van der Waals surface area (Å²) in [5, 5.41) is 9.69. The van der Waals surface area contributed by atoms with E-state index >= 15 is 0 Å². The van der Waals surface area contributed by atoms with Gasteiger partial charge in [0.15, 0.2) is 0 Å². The van der Waals surface area contributed by atoms with Gasteiger partial charge in [0.25, 0.3) is 0 Å². The van der Waals surface area contributed by atoms with E-state index in [1.54, 1.807) is 0 Å². The number of hydrogen-bond donors (Lipinski definition) is 1. The Balaban J connectivity index is 3.08. The third-order valence-corrected chi connectivity index (χ3v) is 3.76. The van der Waals surface area contributed by atoms with Crippen molar-refractivity contribution in [2.24, 2.45) is 0 Å². The first-order chi connectivity index (χ1) is 8.85. The third-order valence-electron chi connectivity index (χ3n) is 3.76. The first kappa shape index (κ1) is 16.0. The molecule has 5 heteroatoms. The van der Waals surface area contributed by atoms with E-state index in [0.29, 0.717) is 19.4 Å². The lowest BCUT2D eigenvalue weighted by Crippen LogP contribution is -2.62. The number of aliphatic carboxylic acids is 1. The molecular weight excluding hydrogens is 246 g/mol. The van der Waals surface area contributed by atoms with Gasteiger partial charge in [-0.15, -0.1) is 0 Å². The van der Waals surface area contributed by atoms with Crippen LogP contribution < -0.4 is 0 Å². The van der Waals surface area contributed by atoms with Crippen molar-refractivity contribution in [3.05, 3.63) is 0 Å². The Morgan fingerprint density at radius 2 is 2.11 bits per heavy atom. The molecule has 1 N–H and O–H groups in total. The van der Waals surface area contributed by atoms with Crippen LogP contribution >= 0.6 is 0 Å². The summed E-state index contributed by atoms with van der Waals surface area (Å²) < 4.78 is 5.63. The number of nitrogens with zero attached hydrogens (tertiary/aromatic N) is 1. The second kappa shape index (κ2) is 6.37. The first-order valence-corrected chi connectivity index (χ1v) is 7.00. The zero-order valence-electron chi connectivity index (χ0n) is 12.3. The fourth-order valence-corrected chi connectivity index (χ4v) is 3.11. The molecule has 2 unspecified atom stereocenters. The molecule has 0 aromatic heterocycles. The summed E-state index contributed by atoms with van der Waals surface area (Å²) in [6.07, 6.45) is 2.45. The predicted octanol–water partition coefficient (Wildman–Crippen LogP) is 2.05. The van der Waals surface area contributed by atoms with E-state index in [2.05, 4.69) is 0 Å². The molecule has 0 aromatic carbocycles. The van der Waals surface area contributed by atoms with Gasteiger partial charge < -0.3 is 14.7 Å². The van der Waals surface area contributed by atoms with Crippen LogP contribution in [0.25, 0.3) is 0 Å². The molecule has 2 atom stereocenters. The normalized spacial score (nSPS) is 27.3.